The molecule has 0 amide bonds. The first kappa shape index (κ1) is 8.33. The van der Waals surface area contributed by atoms with E-state index in [1.165, 1.54) is 0 Å². The maximum atomic E-state index is 5.52. The van der Waals surface area contributed by atoms with Crippen LogP contribution in [0.1, 0.15) is 6.92 Å². The normalized spacial score (nSPS) is 10.0. The molecule has 4 nitrogen and oxygen atoms in total. The molecule has 0 unspecified atom stereocenters. The van der Waals surface area contributed by atoms with Gasteiger partial charge in [-0.25, -0.2) is 4.68 Å². The van der Waals surface area contributed by atoms with Crippen molar-refractivity contribution in [3.8, 4) is 5.88 Å². The average molecular weight is 176 g/mol. The third-order valence-corrected chi connectivity index (χ3v) is 1.34. The molecule has 0 aliphatic carbocycles. The fraction of sp³-hybridized carbons (Fsp3) is 0.667. The molecule has 11 heavy (non-hydrogen) atoms. The number of ether oxygens (including phenoxy) is 1. The van der Waals surface area contributed by atoms with Gasteiger partial charge < -0.3 is 4.74 Å². The molecule has 1 aromatic heterocycles. The number of hydrogen-bond donors (Lipinski definition) is 0. The van der Waals surface area contributed by atoms with Gasteiger partial charge in [0, 0.05) is 5.88 Å². The molecular formula is C6H10ClN3O. The van der Waals surface area contributed by atoms with Crippen LogP contribution in [0.5, 0.6) is 5.88 Å². The lowest BCUT2D eigenvalue weighted by Crippen LogP contribution is -2.05. The van der Waals surface area contributed by atoms with E-state index in [0.717, 1.165) is 0 Å². The second kappa shape index (κ2) is 4.18. The summed E-state index contributed by atoms with van der Waals surface area (Å²) in [6.45, 7) is 3.17. The molecule has 0 saturated heterocycles. The zero-order chi connectivity index (χ0) is 8.10. The second-order valence-electron chi connectivity index (χ2n) is 1.92. The smallest absolute Gasteiger partial charge is 0.232 e. The zero-order valence-corrected chi connectivity index (χ0v) is 7.08. The maximum Gasteiger partial charge on any atom is 0.232 e. The number of rotatable bonds is 4. The second-order valence-corrected chi connectivity index (χ2v) is 2.30. The van der Waals surface area contributed by atoms with Gasteiger partial charge in [-0.1, -0.05) is 5.21 Å². The molecule has 0 bridgehead atoms. The minimum absolute atomic E-state index is 0.517. The summed E-state index contributed by atoms with van der Waals surface area (Å²) in [4.78, 5) is 0. The quantitative estimate of drug-likeness (QED) is 0.639. The van der Waals surface area contributed by atoms with Crippen molar-refractivity contribution >= 4 is 11.6 Å². The Labute approximate surface area is 70.1 Å². The number of aromatic nitrogens is 3. The van der Waals surface area contributed by atoms with Gasteiger partial charge in [-0.05, 0) is 6.92 Å². The van der Waals surface area contributed by atoms with Crippen LogP contribution in [0.15, 0.2) is 6.20 Å². The first-order valence-corrected chi connectivity index (χ1v) is 3.99. The Balaban J connectivity index is 2.62. The Morgan fingerprint density at radius 3 is 3.18 bits per heavy atom. The molecule has 1 heterocycles. The minimum atomic E-state index is 0.517. The molecule has 0 atom stereocenters. The van der Waals surface area contributed by atoms with Crippen LogP contribution in [0, 0.1) is 0 Å². The van der Waals surface area contributed by atoms with Crippen LogP contribution in [0.2, 0.25) is 0 Å². The highest BCUT2D eigenvalue weighted by atomic mass is 35.5. The molecule has 5 heteroatoms. The van der Waals surface area contributed by atoms with Gasteiger partial charge in [0.1, 0.15) is 6.20 Å². The van der Waals surface area contributed by atoms with Crippen molar-refractivity contribution in [1.82, 2.24) is 15.0 Å². The SMILES string of the molecule is CCOc1cnnn1CCCl. The van der Waals surface area contributed by atoms with Crippen LogP contribution in [-0.2, 0) is 6.54 Å². The molecule has 0 N–H and O–H groups in total. The summed E-state index contributed by atoms with van der Waals surface area (Å²) in [7, 11) is 0. The molecular weight excluding hydrogens is 166 g/mol. The van der Waals surface area contributed by atoms with E-state index >= 15 is 0 Å². The van der Waals surface area contributed by atoms with E-state index in [9.17, 15) is 0 Å². The van der Waals surface area contributed by atoms with Gasteiger partial charge in [-0.15, -0.1) is 16.7 Å². The fourth-order valence-corrected chi connectivity index (χ4v) is 0.903. The van der Waals surface area contributed by atoms with Gasteiger partial charge in [-0.2, -0.15) is 0 Å². The lowest BCUT2D eigenvalue weighted by Gasteiger charge is -2.02. The van der Waals surface area contributed by atoms with E-state index in [-0.39, 0.29) is 0 Å². The summed E-state index contributed by atoms with van der Waals surface area (Å²) in [5, 5.41) is 7.47. The highest BCUT2D eigenvalue weighted by Crippen LogP contribution is 2.06. The average Bonchev–Trinajstić information content (AvgIpc) is 2.39. The first-order valence-electron chi connectivity index (χ1n) is 3.45. The van der Waals surface area contributed by atoms with E-state index in [0.29, 0.717) is 24.9 Å². The molecule has 0 saturated carbocycles. The molecule has 0 fully saturated rings. The molecule has 0 aromatic carbocycles. The minimum Gasteiger partial charge on any atom is -0.477 e. The maximum absolute atomic E-state index is 5.52. The fourth-order valence-electron chi connectivity index (χ4n) is 0.743. The van der Waals surface area contributed by atoms with Crippen molar-refractivity contribution in [2.24, 2.45) is 0 Å². The molecule has 0 spiro atoms. The van der Waals surface area contributed by atoms with Crippen molar-refractivity contribution < 1.29 is 4.74 Å². The van der Waals surface area contributed by atoms with Crippen LogP contribution in [-0.4, -0.2) is 27.5 Å². The zero-order valence-electron chi connectivity index (χ0n) is 6.33. The number of nitrogens with zero attached hydrogens (tertiary/aromatic N) is 3. The Kier molecular flexibility index (Phi) is 3.16. The topological polar surface area (TPSA) is 39.9 Å². The Bertz CT molecular complexity index is 193. The van der Waals surface area contributed by atoms with Crippen LogP contribution < -0.4 is 4.74 Å². The summed E-state index contributed by atoms with van der Waals surface area (Å²) < 4.78 is 6.84. The van der Waals surface area contributed by atoms with Crippen molar-refractivity contribution in [1.29, 1.82) is 0 Å². The van der Waals surface area contributed by atoms with Crippen molar-refractivity contribution in [3.05, 3.63) is 6.20 Å². The predicted octanol–water partition coefficient (Wildman–Crippen LogP) is 0.916. The van der Waals surface area contributed by atoms with Gasteiger partial charge in [-0.3, -0.25) is 0 Å². The van der Waals surface area contributed by atoms with Crippen LogP contribution >= 0.6 is 11.6 Å². The Morgan fingerprint density at radius 1 is 1.73 bits per heavy atom. The van der Waals surface area contributed by atoms with Crippen molar-refractivity contribution in [2.75, 3.05) is 12.5 Å². The molecule has 1 aromatic rings. The summed E-state index contributed by atoms with van der Waals surface area (Å²) in [5.74, 6) is 1.19. The van der Waals surface area contributed by atoms with Gasteiger partial charge in [0.05, 0.1) is 13.2 Å². The molecule has 62 valence electrons. The monoisotopic (exact) mass is 175 g/mol. The van der Waals surface area contributed by atoms with Crippen LogP contribution in [0.4, 0.5) is 0 Å². The number of aryl methyl sites for hydroxylation is 1. The molecule has 0 radical (unpaired) electrons. The molecule has 0 aliphatic heterocycles. The Morgan fingerprint density at radius 2 is 2.55 bits per heavy atom. The number of alkyl halides is 1. The van der Waals surface area contributed by atoms with E-state index in [2.05, 4.69) is 10.3 Å². The Hall–Kier alpha value is -0.770. The number of hydrogen-bond acceptors (Lipinski definition) is 3. The van der Waals surface area contributed by atoms with Crippen LogP contribution in [0.3, 0.4) is 0 Å². The lowest BCUT2D eigenvalue weighted by molar-refractivity contribution is 0.303. The van der Waals surface area contributed by atoms with Crippen LogP contribution in [0.25, 0.3) is 0 Å². The largest absolute Gasteiger partial charge is 0.477 e. The van der Waals surface area contributed by atoms with Gasteiger partial charge >= 0.3 is 0 Å². The van der Waals surface area contributed by atoms with Gasteiger partial charge in [0.25, 0.3) is 0 Å². The van der Waals surface area contributed by atoms with Crippen molar-refractivity contribution in [3.63, 3.8) is 0 Å². The van der Waals surface area contributed by atoms with E-state index < -0.39 is 0 Å². The first-order chi connectivity index (χ1) is 5.38. The van der Waals surface area contributed by atoms with Gasteiger partial charge in [0.2, 0.25) is 5.88 Å². The third-order valence-electron chi connectivity index (χ3n) is 1.17. The molecule has 1 rings (SSSR count). The third kappa shape index (κ3) is 2.08. The molecule has 0 aliphatic rings. The summed E-state index contributed by atoms with van der Waals surface area (Å²) in [6, 6.07) is 0. The highest BCUT2D eigenvalue weighted by Gasteiger charge is 2.01. The van der Waals surface area contributed by atoms with E-state index in [1.54, 1.807) is 10.9 Å². The van der Waals surface area contributed by atoms with E-state index in [4.69, 9.17) is 16.3 Å². The summed E-state index contributed by atoms with van der Waals surface area (Å²) in [6.07, 6.45) is 1.58. The van der Waals surface area contributed by atoms with E-state index in [1.807, 2.05) is 6.92 Å². The summed E-state index contributed by atoms with van der Waals surface area (Å²) in [5.41, 5.74) is 0. The van der Waals surface area contributed by atoms with Gasteiger partial charge in [0.15, 0.2) is 0 Å². The number of halogens is 1. The lowest BCUT2D eigenvalue weighted by atomic mass is 10.7. The summed E-state index contributed by atoms with van der Waals surface area (Å²) >= 11 is 5.52. The highest BCUT2D eigenvalue weighted by molar-refractivity contribution is 6.17. The predicted molar refractivity (Wildman–Crippen MR) is 41.9 cm³/mol. The van der Waals surface area contributed by atoms with Crippen molar-refractivity contribution in [2.45, 2.75) is 13.5 Å². The standard InChI is InChI=1S/C6H10ClN3O/c1-2-11-6-5-8-9-10(6)4-3-7/h5H,2-4H2,1H3.